The van der Waals surface area contributed by atoms with E-state index >= 15 is 0 Å². The number of amides is 1. The van der Waals surface area contributed by atoms with Crippen molar-refractivity contribution >= 4 is 21.7 Å². The van der Waals surface area contributed by atoms with Crippen LogP contribution in [0, 0.1) is 0 Å². The van der Waals surface area contributed by atoms with Gasteiger partial charge in [-0.05, 0) is 33.3 Å². The van der Waals surface area contributed by atoms with E-state index in [1.807, 2.05) is 0 Å². The first-order chi connectivity index (χ1) is 9.49. The Bertz CT molecular complexity index is 628. The molecule has 2 aliphatic rings. The zero-order chi connectivity index (χ0) is 16.2. The van der Waals surface area contributed by atoms with Gasteiger partial charge in [0.25, 0.3) is 5.91 Å². The number of esters is 1. The van der Waals surface area contributed by atoms with E-state index in [2.05, 4.69) is 0 Å². The molecular weight excluding hydrogens is 298 g/mol. The minimum atomic E-state index is -3.56. The minimum absolute atomic E-state index is 0.0167. The van der Waals surface area contributed by atoms with Crippen molar-refractivity contribution in [3.63, 3.8) is 0 Å². The summed E-state index contributed by atoms with van der Waals surface area (Å²) in [4.78, 5) is 25.3. The fraction of sp³-hybridized carbons (Fsp3) is 0.692. The van der Waals surface area contributed by atoms with Crippen molar-refractivity contribution in [1.29, 1.82) is 0 Å². The van der Waals surface area contributed by atoms with Crippen LogP contribution in [0.1, 0.15) is 27.7 Å². The number of hydrogen-bond donors (Lipinski definition) is 0. The van der Waals surface area contributed by atoms with Crippen molar-refractivity contribution in [2.45, 2.75) is 44.8 Å². The molecule has 0 aromatic rings. The van der Waals surface area contributed by atoms with Crippen molar-refractivity contribution < 1.29 is 27.5 Å². The van der Waals surface area contributed by atoms with E-state index in [9.17, 15) is 18.0 Å². The first-order valence-corrected chi connectivity index (χ1v) is 8.21. The first-order valence-electron chi connectivity index (χ1n) is 6.50. The van der Waals surface area contributed by atoms with Gasteiger partial charge in [-0.25, -0.2) is 13.2 Å². The van der Waals surface area contributed by atoms with Gasteiger partial charge in [0.2, 0.25) is 0 Å². The Morgan fingerprint density at radius 1 is 1.33 bits per heavy atom. The topological polar surface area (TPSA) is 90.0 Å². The molecule has 0 aromatic heterocycles. The van der Waals surface area contributed by atoms with Gasteiger partial charge < -0.3 is 9.47 Å². The summed E-state index contributed by atoms with van der Waals surface area (Å²) in [7, 11) is -2.29. The summed E-state index contributed by atoms with van der Waals surface area (Å²) >= 11 is 0. The monoisotopic (exact) mass is 317 g/mol. The Labute approximate surface area is 123 Å². The van der Waals surface area contributed by atoms with Gasteiger partial charge in [-0.1, -0.05) is 0 Å². The van der Waals surface area contributed by atoms with E-state index < -0.39 is 38.8 Å². The number of carbonyl (C=O) groups is 2. The Morgan fingerprint density at radius 3 is 2.38 bits per heavy atom. The lowest BCUT2D eigenvalue weighted by Crippen LogP contribution is -2.70. The van der Waals surface area contributed by atoms with E-state index in [1.165, 1.54) is 14.0 Å². The lowest BCUT2D eigenvalue weighted by Gasteiger charge is -2.48. The Morgan fingerprint density at radius 2 is 1.90 bits per heavy atom. The zero-order valence-corrected chi connectivity index (χ0v) is 13.5. The average Bonchev–Trinajstić information content (AvgIpc) is 2.27. The van der Waals surface area contributed by atoms with Crippen LogP contribution in [0.5, 0.6) is 0 Å². The maximum atomic E-state index is 12.3. The minimum Gasteiger partial charge on any atom is -0.455 e. The van der Waals surface area contributed by atoms with Crippen LogP contribution in [0.2, 0.25) is 0 Å². The smallest absolute Gasteiger partial charge is 0.355 e. The highest BCUT2D eigenvalue weighted by Gasteiger charge is 2.60. The third kappa shape index (κ3) is 2.57. The summed E-state index contributed by atoms with van der Waals surface area (Å²) in [5.74, 6) is -1.51. The van der Waals surface area contributed by atoms with E-state index in [-0.39, 0.29) is 11.4 Å². The van der Waals surface area contributed by atoms with Crippen molar-refractivity contribution in [3.05, 3.63) is 11.3 Å². The first kappa shape index (κ1) is 16.0. The fourth-order valence-corrected chi connectivity index (χ4v) is 4.55. The summed E-state index contributed by atoms with van der Waals surface area (Å²) in [5, 5.41) is -1.14. The van der Waals surface area contributed by atoms with Crippen molar-refractivity contribution in [1.82, 2.24) is 4.90 Å². The zero-order valence-electron chi connectivity index (χ0n) is 12.7. The average molecular weight is 317 g/mol. The number of rotatable bonds is 2. The molecule has 1 amide bonds. The van der Waals surface area contributed by atoms with Gasteiger partial charge >= 0.3 is 5.97 Å². The predicted molar refractivity (Wildman–Crippen MR) is 73.8 cm³/mol. The third-order valence-electron chi connectivity index (χ3n) is 3.27. The number of methoxy groups -OCH3 is 1. The van der Waals surface area contributed by atoms with Crippen LogP contribution in [0.15, 0.2) is 11.3 Å². The van der Waals surface area contributed by atoms with Crippen LogP contribution in [0.4, 0.5) is 0 Å². The quantitative estimate of drug-likeness (QED) is 0.534. The van der Waals surface area contributed by atoms with Crippen LogP contribution >= 0.6 is 0 Å². The molecule has 0 radical (unpaired) electrons. The largest absolute Gasteiger partial charge is 0.455 e. The van der Waals surface area contributed by atoms with Crippen LogP contribution in [-0.2, 0) is 28.9 Å². The molecule has 2 atom stereocenters. The molecule has 7 nitrogen and oxygen atoms in total. The van der Waals surface area contributed by atoms with E-state index in [4.69, 9.17) is 9.47 Å². The van der Waals surface area contributed by atoms with Crippen LogP contribution in [0.3, 0.4) is 0 Å². The predicted octanol–water partition coefficient (Wildman–Crippen LogP) is 0.214. The molecule has 1 saturated heterocycles. The van der Waals surface area contributed by atoms with Gasteiger partial charge in [-0.3, -0.25) is 9.69 Å². The summed E-state index contributed by atoms with van der Waals surface area (Å²) in [6.07, 6.45) is -1.06. The lowest BCUT2D eigenvalue weighted by atomic mass is 10.1. The van der Waals surface area contributed by atoms with Gasteiger partial charge in [0, 0.05) is 7.11 Å². The molecule has 0 spiro atoms. The van der Waals surface area contributed by atoms with Crippen molar-refractivity contribution in [2.75, 3.05) is 12.9 Å². The third-order valence-corrected chi connectivity index (χ3v) is 5.30. The number of fused-ring (bicyclic) bond motifs is 1. The SMILES string of the molecule is CO[C@@H]1C(=O)N2C(C(=O)OC(C)(C)C)=C(C)CS(=O)(=O)C12. The summed E-state index contributed by atoms with van der Waals surface area (Å²) in [5.41, 5.74) is -0.406. The van der Waals surface area contributed by atoms with Gasteiger partial charge in [0.15, 0.2) is 21.3 Å². The van der Waals surface area contributed by atoms with Gasteiger partial charge in [0.1, 0.15) is 11.3 Å². The van der Waals surface area contributed by atoms with Crippen LogP contribution in [0.25, 0.3) is 0 Å². The Hall–Kier alpha value is -1.41. The molecule has 2 aliphatic heterocycles. The van der Waals surface area contributed by atoms with Crippen molar-refractivity contribution in [3.8, 4) is 0 Å². The molecule has 2 rings (SSSR count). The standard InChI is InChI=1S/C13H19NO6S/c1-7-6-21(17,18)11-9(19-5)10(15)14(11)8(7)12(16)20-13(2,3)4/h9,11H,6H2,1-5H3/t9-,11?/m1/s1. The lowest BCUT2D eigenvalue weighted by molar-refractivity contribution is -0.167. The number of β-lactam (4-membered cyclic amide) rings is 1. The second kappa shape index (κ2) is 4.81. The normalized spacial score (nSPS) is 28.0. The van der Waals surface area contributed by atoms with E-state index in [0.717, 1.165) is 4.90 Å². The van der Waals surface area contributed by atoms with E-state index in [1.54, 1.807) is 20.8 Å². The number of ether oxygens (including phenoxy) is 2. The Kier molecular flexibility index (Phi) is 3.66. The summed E-state index contributed by atoms with van der Waals surface area (Å²) in [6.45, 7) is 6.62. The second-order valence-electron chi connectivity index (χ2n) is 6.19. The molecule has 118 valence electrons. The second-order valence-corrected chi connectivity index (χ2v) is 8.29. The van der Waals surface area contributed by atoms with Crippen molar-refractivity contribution in [2.24, 2.45) is 0 Å². The molecule has 1 fully saturated rings. The van der Waals surface area contributed by atoms with Gasteiger partial charge in [-0.15, -0.1) is 0 Å². The molecule has 1 unspecified atom stereocenters. The molecule has 8 heteroatoms. The highest BCUT2D eigenvalue weighted by molar-refractivity contribution is 7.92. The molecule has 0 saturated carbocycles. The molecule has 0 bridgehead atoms. The molecule has 21 heavy (non-hydrogen) atoms. The number of carbonyl (C=O) groups excluding carboxylic acids is 2. The highest BCUT2D eigenvalue weighted by Crippen LogP contribution is 2.38. The molecule has 0 N–H and O–H groups in total. The fourth-order valence-electron chi connectivity index (χ4n) is 2.50. The van der Waals surface area contributed by atoms with E-state index in [0.29, 0.717) is 5.57 Å². The van der Waals surface area contributed by atoms with Gasteiger partial charge in [-0.2, -0.15) is 0 Å². The molecule has 0 aliphatic carbocycles. The summed E-state index contributed by atoms with van der Waals surface area (Å²) < 4.78 is 34.5. The Balaban J connectivity index is 2.42. The number of sulfone groups is 1. The van der Waals surface area contributed by atoms with Gasteiger partial charge in [0.05, 0.1) is 5.75 Å². The summed E-state index contributed by atoms with van der Waals surface area (Å²) in [6, 6.07) is 0. The molecular formula is C13H19NO6S. The molecule has 0 aromatic carbocycles. The number of nitrogens with zero attached hydrogens (tertiary/aromatic N) is 1. The maximum Gasteiger partial charge on any atom is 0.355 e. The van der Waals surface area contributed by atoms with Crippen LogP contribution in [-0.4, -0.2) is 55.1 Å². The number of hydrogen-bond acceptors (Lipinski definition) is 6. The highest BCUT2D eigenvalue weighted by atomic mass is 32.2. The molecule has 2 heterocycles. The maximum absolute atomic E-state index is 12.3. The van der Waals surface area contributed by atoms with Crippen LogP contribution < -0.4 is 0 Å².